The van der Waals surface area contributed by atoms with Crippen LogP contribution in [0.15, 0.2) is 12.3 Å². The molecule has 19 heavy (non-hydrogen) atoms. The van der Waals surface area contributed by atoms with Gasteiger partial charge in [-0.05, 0) is 33.8 Å². The summed E-state index contributed by atoms with van der Waals surface area (Å²) in [5.74, 6) is 0. The van der Waals surface area contributed by atoms with Crippen molar-refractivity contribution in [1.29, 1.82) is 0 Å². The predicted octanol–water partition coefficient (Wildman–Crippen LogP) is 2.77. The highest BCUT2D eigenvalue weighted by atomic mass is 16.7. The molecule has 0 radical (unpaired) electrons. The summed E-state index contributed by atoms with van der Waals surface area (Å²) < 4.78 is 13.6. The van der Waals surface area contributed by atoms with E-state index in [1.165, 1.54) is 0 Å². The zero-order chi connectivity index (χ0) is 15.3. The van der Waals surface area contributed by atoms with Crippen molar-refractivity contribution >= 4 is 12.7 Å². The molecule has 0 aliphatic carbocycles. The van der Waals surface area contributed by atoms with Crippen LogP contribution in [0.2, 0.25) is 0 Å². The number of aryl methyl sites for hydroxylation is 1. The lowest BCUT2D eigenvalue weighted by molar-refractivity contribution is 0.00578. The lowest BCUT2D eigenvalue weighted by Gasteiger charge is -2.32. The van der Waals surface area contributed by atoms with Gasteiger partial charge in [0.1, 0.15) is 0 Å². The van der Waals surface area contributed by atoms with Crippen molar-refractivity contribution in [1.82, 2.24) is 9.78 Å². The van der Waals surface area contributed by atoms with E-state index in [2.05, 4.69) is 5.10 Å². The van der Waals surface area contributed by atoms with Crippen LogP contribution >= 0.6 is 0 Å². The van der Waals surface area contributed by atoms with Crippen LogP contribution in [0.1, 0.15) is 55.4 Å². The SMILES string of the molecule is CC.CC.Cn1nccc1B1OC(C)(C)C(C)(C)O1. The van der Waals surface area contributed by atoms with Crippen LogP contribution < -0.4 is 5.59 Å². The van der Waals surface area contributed by atoms with Crippen molar-refractivity contribution in [2.45, 2.75) is 66.6 Å². The third-order valence-electron chi connectivity index (χ3n) is 3.35. The Labute approximate surface area is 118 Å². The van der Waals surface area contributed by atoms with Gasteiger partial charge in [-0.15, -0.1) is 0 Å². The van der Waals surface area contributed by atoms with Crippen LogP contribution in [0.3, 0.4) is 0 Å². The first-order chi connectivity index (χ1) is 8.83. The Hall–Kier alpha value is -0.805. The molecule has 0 saturated carbocycles. The summed E-state index contributed by atoms with van der Waals surface area (Å²) in [4.78, 5) is 0. The molecule has 0 unspecified atom stereocenters. The molecule has 1 aliphatic rings. The van der Waals surface area contributed by atoms with Gasteiger partial charge in [0.05, 0.1) is 16.8 Å². The minimum atomic E-state index is -0.317. The quantitative estimate of drug-likeness (QED) is 0.735. The van der Waals surface area contributed by atoms with Crippen LogP contribution in [0.5, 0.6) is 0 Å². The maximum atomic E-state index is 5.91. The highest BCUT2D eigenvalue weighted by Gasteiger charge is 2.52. The first-order valence-electron chi connectivity index (χ1n) is 7.17. The molecule has 2 rings (SSSR count). The summed E-state index contributed by atoms with van der Waals surface area (Å²) >= 11 is 0. The molecule has 1 saturated heterocycles. The van der Waals surface area contributed by atoms with Crippen molar-refractivity contribution in [2.24, 2.45) is 7.05 Å². The average molecular weight is 268 g/mol. The Balaban J connectivity index is 0.000000741. The van der Waals surface area contributed by atoms with Gasteiger partial charge in [0.15, 0.2) is 0 Å². The number of aromatic nitrogens is 2. The molecule has 0 atom stereocenters. The molecule has 0 aromatic carbocycles. The Morgan fingerprint density at radius 2 is 1.42 bits per heavy atom. The molecule has 5 heteroatoms. The minimum absolute atomic E-state index is 0.290. The highest BCUT2D eigenvalue weighted by molar-refractivity contribution is 6.61. The summed E-state index contributed by atoms with van der Waals surface area (Å²) in [5, 5.41) is 4.11. The second-order valence-electron chi connectivity index (χ2n) is 4.97. The first-order valence-corrected chi connectivity index (χ1v) is 7.17. The molecule has 1 aromatic rings. The van der Waals surface area contributed by atoms with E-state index in [9.17, 15) is 0 Å². The molecule has 1 aliphatic heterocycles. The largest absolute Gasteiger partial charge is 0.514 e. The van der Waals surface area contributed by atoms with Gasteiger partial charge in [0, 0.05) is 13.2 Å². The summed E-state index contributed by atoms with van der Waals surface area (Å²) in [6.45, 7) is 16.2. The Morgan fingerprint density at radius 3 is 1.74 bits per heavy atom. The predicted molar refractivity (Wildman–Crippen MR) is 81.6 cm³/mol. The fraction of sp³-hybridized carbons (Fsp3) is 0.786. The zero-order valence-corrected chi connectivity index (χ0v) is 13.9. The number of hydrogen-bond donors (Lipinski definition) is 0. The lowest BCUT2D eigenvalue weighted by atomic mass is 9.85. The Bertz CT molecular complexity index is 359. The van der Waals surface area contributed by atoms with Crippen LogP contribution in [0, 0.1) is 0 Å². The minimum Gasteiger partial charge on any atom is -0.398 e. The molecule has 0 bridgehead atoms. The number of hydrogen-bond acceptors (Lipinski definition) is 3. The van der Waals surface area contributed by atoms with Gasteiger partial charge in [0.25, 0.3) is 0 Å². The van der Waals surface area contributed by atoms with E-state index in [1.807, 2.05) is 68.5 Å². The van der Waals surface area contributed by atoms with Crippen LogP contribution in [-0.4, -0.2) is 28.1 Å². The van der Waals surface area contributed by atoms with Crippen LogP contribution in [0.4, 0.5) is 0 Å². The molecule has 110 valence electrons. The molecule has 1 fully saturated rings. The molecule has 2 heterocycles. The third-order valence-corrected chi connectivity index (χ3v) is 3.35. The Kier molecular flexibility index (Phi) is 6.80. The van der Waals surface area contributed by atoms with Crippen molar-refractivity contribution in [3.8, 4) is 0 Å². The normalized spacial score (nSPS) is 19.1. The third kappa shape index (κ3) is 3.83. The molecule has 0 amide bonds. The molecule has 0 spiro atoms. The second-order valence-corrected chi connectivity index (χ2v) is 4.97. The standard InChI is InChI=1S/C10H17BN2O2.2C2H6/c1-9(2)10(3,4)15-11(14-9)8-6-7-12-13(8)5;2*1-2/h6-7H,1-5H3;2*1-2H3. The highest BCUT2D eigenvalue weighted by Crippen LogP contribution is 2.36. The van der Waals surface area contributed by atoms with Gasteiger partial charge in [-0.1, -0.05) is 27.7 Å². The van der Waals surface area contributed by atoms with Gasteiger partial charge < -0.3 is 9.31 Å². The van der Waals surface area contributed by atoms with Gasteiger partial charge in [-0.25, -0.2) is 0 Å². The lowest BCUT2D eigenvalue weighted by Crippen LogP contribution is -2.41. The topological polar surface area (TPSA) is 36.3 Å². The van der Waals surface area contributed by atoms with E-state index in [0.29, 0.717) is 0 Å². The average Bonchev–Trinajstić information content (AvgIpc) is 2.87. The summed E-state index contributed by atoms with van der Waals surface area (Å²) in [5.41, 5.74) is 0.373. The number of nitrogens with zero attached hydrogens (tertiary/aromatic N) is 2. The van der Waals surface area contributed by atoms with Crippen molar-refractivity contribution < 1.29 is 9.31 Å². The van der Waals surface area contributed by atoms with E-state index in [1.54, 1.807) is 10.9 Å². The van der Waals surface area contributed by atoms with Crippen LogP contribution in [0.25, 0.3) is 0 Å². The summed E-state index contributed by atoms with van der Waals surface area (Å²) in [7, 11) is 1.57. The van der Waals surface area contributed by atoms with E-state index >= 15 is 0 Å². The van der Waals surface area contributed by atoms with Crippen molar-refractivity contribution in [2.75, 3.05) is 0 Å². The second kappa shape index (κ2) is 7.10. The first kappa shape index (κ1) is 18.2. The van der Waals surface area contributed by atoms with Crippen molar-refractivity contribution in [3.63, 3.8) is 0 Å². The zero-order valence-electron chi connectivity index (χ0n) is 13.9. The molecular weight excluding hydrogens is 239 g/mol. The summed E-state index contributed by atoms with van der Waals surface area (Å²) in [6.07, 6.45) is 1.75. The molecule has 4 nitrogen and oxygen atoms in total. The van der Waals surface area contributed by atoms with Gasteiger partial charge in [-0.3, -0.25) is 4.68 Å². The maximum absolute atomic E-state index is 5.91. The van der Waals surface area contributed by atoms with E-state index in [4.69, 9.17) is 9.31 Å². The van der Waals surface area contributed by atoms with E-state index in [-0.39, 0.29) is 18.3 Å². The van der Waals surface area contributed by atoms with Gasteiger partial charge in [-0.2, -0.15) is 5.10 Å². The molecule has 0 N–H and O–H groups in total. The maximum Gasteiger partial charge on any atom is 0.514 e. The molecule has 1 aromatic heterocycles. The molecular formula is C14H29BN2O2. The van der Waals surface area contributed by atoms with Crippen LogP contribution in [-0.2, 0) is 16.4 Å². The monoisotopic (exact) mass is 268 g/mol. The van der Waals surface area contributed by atoms with Crippen molar-refractivity contribution in [3.05, 3.63) is 12.3 Å². The number of rotatable bonds is 1. The van der Waals surface area contributed by atoms with Gasteiger partial charge in [0.2, 0.25) is 0 Å². The van der Waals surface area contributed by atoms with Gasteiger partial charge >= 0.3 is 7.12 Å². The smallest absolute Gasteiger partial charge is 0.398 e. The Morgan fingerprint density at radius 1 is 1.00 bits per heavy atom. The fourth-order valence-corrected chi connectivity index (χ4v) is 1.58. The van der Waals surface area contributed by atoms with E-state index < -0.39 is 0 Å². The summed E-state index contributed by atoms with van der Waals surface area (Å²) in [6, 6.07) is 1.92. The van der Waals surface area contributed by atoms with E-state index in [0.717, 1.165) is 5.59 Å². The fourth-order valence-electron chi connectivity index (χ4n) is 1.58.